The molecule has 0 aliphatic rings. The lowest BCUT2D eigenvalue weighted by molar-refractivity contribution is 1.16. The zero-order valence-electron chi connectivity index (χ0n) is 10.8. The maximum Gasteiger partial charge on any atom is 0.229 e. The topological polar surface area (TPSA) is 79.4 Å². The van der Waals surface area contributed by atoms with E-state index < -0.39 is 0 Å². The summed E-state index contributed by atoms with van der Waals surface area (Å²) < 4.78 is 0. The Kier molecular flexibility index (Phi) is 2.82. The minimum Gasteiger partial charge on any atom is -0.360 e. The van der Waals surface area contributed by atoms with Gasteiger partial charge >= 0.3 is 0 Å². The zero-order valence-corrected chi connectivity index (χ0v) is 11.6. The first-order valence-electron chi connectivity index (χ1n) is 6.31. The highest BCUT2D eigenvalue weighted by atomic mass is 32.1. The maximum atomic E-state index is 4.54. The molecule has 0 radical (unpaired) electrons. The van der Waals surface area contributed by atoms with E-state index in [2.05, 4.69) is 30.2 Å². The minimum absolute atomic E-state index is 0.528. The summed E-state index contributed by atoms with van der Waals surface area (Å²) in [7, 11) is 0. The van der Waals surface area contributed by atoms with Crippen LogP contribution in [0, 0.1) is 0 Å². The molecule has 7 heteroatoms. The van der Waals surface area contributed by atoms with Gasteiger partial charge in [-0.3, -0.25) is 4.98 Å². The number of fused-ring (bicyclic) bond motifs is 1. The number of nitrogens with zero attached hydrogens (tertiary/aromatic N) is 4. The van der Waals surface area contributed by atoms with Gasteiger partial charge in [0, 0.05) is 52.8 Å². The Morgan fingerprint density at radius 3 is 3.00 bits per heavy atom. The van der Waals surface area contributed by atoms with Crippen LogP contribution in [0.5, 0.6) is 0 Å². The van der Waals surface area contributed by atoms with Crippen molar-refractivity contribution in [1.29, 1.82) is 0 Å². The molecule has 0 saturated heterocycles. The highest BCUT2D eigenvalue weighted by Crippen LogP contribution is 2.27. The van der Waals surface area contributed by atoms with E-state index in [-0.39, 0.29) is 0 Å². The number of hydrogen-bond donors (Lipinski definition) is 2. The molecule has 102 valence electrons. The first-order chi connectivity index (χ1) is 10.4. The normalized spacial score (nSPS) is 10.9. The van der Waals surface area contributed by atoms with E-state index in [1.54, 1.807) is 18.6 Å². The van der Waals surface area contributed by atoms with E-state index in [0.717, 1.165) is 27.3 Å². The molecule has 21 heavy (non-hydrogen) atoms. The molecule has 2 N–H and O–H groups in total. The molecular weight excluding hydrogens is 284 g/mol. The fraction of sp³-hybridized carbons (Fsp3) is 0. The molecule has 4 rings (SSSR count). The lowest BCUT2D eigenvalue weighted by atomic mass is 10.1. The fourth-order valence-corrected chi connectivity index (χ4v) is 2.65. The smallest absolute Gasteiger partial charge is 0.229 e. The SMILES string of the molecule is c1cc2[nH]cc(-c3ccnc(Nc4nccs4)n3)c2cn1. The molecule has 0 fully saturated rings. The molecule has 4 aromatic rings. The second-order valence-electron chi connectivity index (χ2n) is 4.35. The first-order valence-corrected chi connectivity index (χ1v) is 7.19. The lowest BCUT2D eigenvalue weighted by Crippen LogP contribution is -1.97. The van der Waals surface area contributed by atoms with E-state index in [1.165, 1.54) is 11.3 Å². The first kappa shape index (κ1) is 12.0. The quantitative estimate of drug-likeness (QED) is 0.606. The zero-order chi connectivity index (χ0) is 14.1. The Labute approximate surface area is 124 Å². The van der Waals surface area contributed by atoms with Gasteiger partial charge in [0.1, 0.15) is 0 Å². The van der Waals surface area contributed by atoms with Crippen LogP contribution in [-0.2, 0) is 0 Å². The molecule has 4 heterocycles. The molecule has 0 spiro atoms. The third-order valence-corrected chi connectivity index (χ3v) is 3.75. The summed E-state index contributed by atoms with van der Waals surface area (Å²) in [6.07, 6.45) is 8.99. The van der Waals surface area contributed by atoms with Crippen LogP contribution in [0.1, 0.15) is 0 Å². The van der Waals surface area contributed by atoms with Gasteiger partial charge in [-0.25, -0.2) is 15.0 Å². The van der Waals surface area contributed by atoms with Crippen molar-refractivity contribution in [2.24, 2.45) is 0 Å². The number of rotatable bonds is 3. The Balaban J connectivity index is 1.75. The molecule has 4 aromatic heterocycles. The maximum absolute atomic E-state index is 4.54. The molecule has 0 saturated carbocycles. The van der Waals surface area contributed by atoms with Gasteiger partial charge in [0.05, 0.1) is 5.69 Å². The molecular formula is C14H10N6S. The summed E-state index contributed by atoms with van der Waals surface area (Å²) in [6.45, 7) is 0. The van der Waals surface area contributed by atoms with Gasteiger partial charge in [-0.15, -0.1) is 11.3 Å². The Morgan fingerprint density at radius 2 is 2.10 bits per heavy atom. The van der Waals surface area contributed by atoms with Gasteiger partial charge in [0.25, 0.3) is 0 Å². The summed E-state index contributed by atoms with van der Waals surface area (Å²) in [6, 6.07) is 3.82. The van der Waals surface area contributed by atoms with Crippen LogP contribution < -0.4 is 5.32 Å². The predicted octanol–water partition coefficient (Wildman–Crippen LogP) is 3.22. The molecule has 0 atom stereocenters. The van der Waals surface area contributed by atoms with Crippen LogP contribution in [0.4, 0.5) is 11.1 Å². The lowest BCUT2D eigenvalue weighted by Gasteiger charge is -2.03. The monoisotopic (exact) mass is 294 g/mol. The molecule has 0 unspecified atom stereocenters. The van der Waals surface area contributed by atoms with Crippen LogP contribution in [0.25, 0.3) is 22.2 Å². The summed E-state index contributed by atoms with van der Waals surface area (Å²) in [5.74, 6) is 0.528. The highest BCUT2D eigenvalue weighted by molar-refractivity contribution is 7.13. The van der Waals surface area contributed by atoms with Crippen LogP contribution in [0.2, 0.25) is 0 Å². The second kappa shape index (κ2) is 4.95. The van der Waals surface area contributed by atoms with Crippen molar-refractivity contribution < 1.29 is 0 Å². The number of nitrogens with one attached hydrogen (secondary N) is 2. The Bertz CT molecular complexity index is 883. The number of thiazole rings is 1. The van der Waals surface area contributed by atoms with Gasteiger partial charge in [0.2, 0.25) is 5.95 Å². The summed E-state index contributed by atoms with van der Waals surface area (Å²) in [5.41, 5.74) is 2.87. The second-order valence-corrected chi connectivity index (χ2v) is 5.25. The van der Waals surface area contributed by atoms with Gasteiger partial charge in [-0.05, 0) is 12.1 Å². The van der Waals surface area contributed by atoms with Crippen LogP contribution in [0.3, 0.4) is 0 Å². The molecule has 0 bridgehead atoms. The van der Waals surface area contributed by atoms with Crippen molar-refractivity contribution in [3.05, 3.63) is 48.5 Å². The molecule has 0 aliphatic heterocycles. The molecule has 6 nitrogen and oxygen atoms in total. The van der Waals surface area contributed by atoms with Crippen molar-refractivity contribution in [3.8, 4) is 11.3 Å². The van der Waals surface area contributed by atoms with Gasteiger partial charge < -0.3 is 10.3 Å². The van der Waals surface area contributed by atoms with Crippen molar-refractivity contribution in [2.75, 3.05) is 5.32 Å². The van der Waals surface area contributed by atoms with Crippen molar-refractivity contribution in [3.63, 3.8) is 0 Å². The summed E-state index contributed by atoms with van der Waals surface area (Å²) in [5, 5.41) is 6.80. The number of aromatic nitrogens is 5. The Hall–Kier alpha value is -2.80. The van der Waals surface area contributed by atoms with Gasteiger partial charge in [0.15, 0.2) is 5.13 Å². The molecule has 0 aliphatic carbocycles. The van der Waals surface area contributed by atoms with Crippen molar-refractivity contribution in [2.45, 2.75) is 0 Å². The van der Waals surface area contributed by atoms with Gasteiger partial charge in [-0.1, -0.05) is 0 Å². The van der Waals surface area contributed by atoms with Crippen LogP contribution in [0.15, 0.2) is 48.5 Å². The molecule has 0 aromatic carbocycles. The fourth-order valence-electron chi connectivity index (χ4n) is 2.12. The minimum atomic E-state index is 0.528. The standard InChI is InChI=1S/C14H10N6S/c1-3-15-7-9-10(8-18-11(1)9)12-2-4-16-13(19-12)20-14-17-5-6-21-14/h1-8,18H,(H,16,17,19,20). The third-order valence-electron chi connectivity index (χ3n) is 3.07. The highest BCUT2D eigenvalue weighted by Gasteiger charge is 2.09. The van der Waals surface area contributed by atoms with Gasteiger partial charge in [-0.2, -0.15) is 0 Å². The van der Waals surface area contributed by atoms with E-state index in [4.69, 9.17) is 0 Å². The average molecular weight is 294 g/mol. The van der Waals surface area contributed by atoms with Crippen molar-refractivity contribution >= 4 is 33.3 Å². The van der Waals surface area contributed by atoms with E-state index in [9.17, 15) is 0 Å². The van der Waals surface area contributed by atoms with Crippen molar-refractivity contribution in [1.82, 2.24) is 24.9 Å². The van der Waals surface area contributed by atoms with Crippen LogP contribution >= 0.6 is 11.3 Å². The third kappa shape index (κ3) is 2.23. The number of aromatic amines is 1. The Morgan fingerprint density at radius 1 is 1.10 bits per heavy atom. The number of anilines is 2. The predicted molar refractivity (Wildman–Crippen MR) is 82.5 cm³/mol. The molecule has 0 amide bonds. The van der Waals surface area contributed by atoms with E-state index in [1.807, 2.05) is 29.9 Å². The average Bonchev–Trinajstić information content (AvgIpc) is 3.16. The largest absolute Gasteiger partial charge is 0.360 e. The number of hydrogen-bond acceptors (Lipinski definition) is 6. The number of H-pyrrole nitrogens is 1. The summed E-state index contributed by atoms with van der Waals surface area (Å²) in [4.78, 5) is 20.3. The summed E-state index contributed by atoms with van der Waals surface area (Å²) >= 11 is 1.51. The van der Waals surface area contributed by atoms with E-state index in [0.29, 0.717) is 5.95 Å². The van der Waals surface area contributed by atoms with E-state index >= 15 is 0 Å². The number of pyridine rings is 1. The van der Waals surface area contributed by atoms with Crippen LogP contribution in [-0.4, -0.2) is 24.9 Å².